The number of hydrogen-bond acceptors (Lipinski definition) is 7. The molecule has 2 aliphatic rings. The molecular weight excluding hydrogens is 380 g/mol. The van der Waals surface area contributed by atoms with Crippen LogP contribution in [0.3, 0.4) is 0 Å². The molecule has 0 aromatic carbocycles. The van der Waals surface area contributed by atoms with Crippen LogP contribution >= 0.6 is 0 Å². The SMILES string of the molecule is C=CC(=O)N(CCN(CCN1C(=O)C=CC1=O)CCN1C(=O)C=CC1=O)C(C)=O. The van der Waals surface area contributed by atoms with Gasteiger partial charge in [0, 0.05) is 70.5 Å². The fourth-order valence-corrected chi connectivity index (χ4v) is 2.90. The Morgan fingerprint density at radius 2 is 1.24 bits per heavy atom. The van der Waals surface area contributed by atoms with Crippen molar-refractivity contribution in [2.24, 2.45) is 0 Å². The van der Waals surface area contributed by atoms with Gasteiger partial charge in [0.2, 0.25) is 5.91 Å². The van der Waals surface area contributed by atoms with E-state index in [1.165, 1.54) is 31.2 Å². The van der Waals surface area contributed by atoms with Crippen LogP contribution in [0.15, 0.2) is 37.0 Å². The zero-order valence-electron chi connectivity index (χ0n) is 16.1. The molecule has 0 aromatic heterocycles. The lowest BCUT2D eigenvalue weighted by molar-refractivity contribution is -0.141. The van der Waals surface area contributed by atoms with Crippen LogP contribution in [0.4, 0.5) is 0 Å². The minimum Gasteiger partial charge on any atom is -0.298 e. The van der Waals surface area contributed by atoms with E-state index >= 15 is 0 Å². The van der Waals surface area contributed by atoms with Crippen molar-refractivity contribution in [1.82, 2.24) is 19.6 Å². The lowest BCUT2D eigenvalue weighted by Gasteiger charge is -2.28. The Hall–Kier alpha value is -3.40. The molecule has 0 spiro atoms. The van der Waals surface area contributed by atoms with E-state index in [-0.39, 0.29) is 39.3 Å². The lowest BCUT2D eigenvalue weighted by Crippen LogP contribution is -2.46. The lowest BCUT2D eigenvalue weighted by atomic mass is 10.3. The molecule has 10 nitrogen and oxygen atoms in total. The van der Waals surface area contributed by atoms with Gasteiger partial charge in [-0.2, -0.15) is 0 Å². The Morgan fingerprint density at radius 3 is 1.59 bits per heavy atom. The number of imide groups is 3. The minimum absolute atomic E-state index is 0.0560. The van der Waals surface area contributed by atoms with E-state index in [1.54, 1.807) is 4.90 Å². The number of carbonyl (C=O) groups is 6. The second-order valence-corrected chi connectivity index (χ2v) is 6.38. The first-order chi connectivity index (χ1) is 13.7. The fraction of sp³-hybridized carbons (Fsp3) is 0.368. The molecule has 2 rings (SSSR count). The summed E-state index contributed by atoms with van der Waals surface area (Å²) >= 11 is 0. The smallest absolute Gasteiger partial charge is 0.253 e. The van der Waals surface area contributed by atoms with Gasteiger partial charge in [0.1, 0.15) is 0 Å². The standard InChI is InChI=1S/C19H22N4O6/c1-3-15(25)21(14(2)24)11-8-20(9-12-22-16(26)4-5-17(22)27)10-13-23-18(28)6-7-19(23)29/h3-7H,1,8-13H2,2H3. The Morgan fingerprint density at radius 1 is 0.828 bits per heavy atom. The first kappa shape index (κ1) is 21.9. The maximum atomic E-state index is 11.8. The highest BCUT2D eigenvalue weighted by molar-refractivity contribution is 6.13. The largest absolute Gasteiger partial charge is 0.298 e. The summed E-state index contributed by atoms with van der Waals surface area (Å²) in [6.45, 7) is 5.60. The summed E-state index contributed by atoms with van der Waals surface area (Å²) in [6, 6.07) is 0. The molecule has 0 radical (unpaired) electrons. The van der Waals surface area contributed by atoms with Gasteiger partial charge in [-0.15, -0.1) is 0 Å². The minimum atomic E-state index is -0.541. The third kappa shape index (κ3) is 5.55. The van der Waals surface area contributed by atoms with Crippen LogP contribution in [0.25, 0.3) is 0 Å². The van der Waals surface area contributed by atoms with Gasteiger partial charge < -0.3 is 0 Å². The van der Waals surface area contributed by atoms with Gasteiger partial charge in [-0.05, 0) is 6.08 Å². The number of rotatable bonds is 10. The van der Waals surface area contributed by atoms with Gasteiger partial charge in [-0.1, -0.05) is 6.58 Å². The highest BCUT2D eigenvalue weighted by Gasteiger charge is 2.26. The van der Waals surface area contributed by atoms with E-state index < -0.39 is 35.4 Å². The third-order valence-corrected chi connectivity index (χ3v) is 4.54. The van der Waals surface area contributed by atoms with Crippen LogP contribution in [0.1, 0.15) is 6.92 Å². The number of amides is 6. The summed E-state index contributed by atoms with van der Waals surface area (Å²) in [5.41, 5.74) is 0. The quantitative estimate of drug-likeness (QED) is 0.329. The molecule has 2 heterocycles. The zero-order chi connectivity index (χ0) is 21.6. The van der Waals surface area contributed by atoms with E-state index in [1.807, 2.05) is 0 Å². The molecule has 0 aromatic rings. The molecule has 0 atom stereocenters. The van der Waals surface area contributed by atoms with Crippen molar-refractivity contribution in [2.45, 2.75) is 6.92 Å². The van der Waals surface area contributed by atoms with Crippen molar-refractivity contribution in [3.8, 4) is 0 Å². The highest BCUT2D eigenvalue weighted by atomic mass is 16.2. The van der Waals surface area contributed by atoms with Gasteiger partial charge in [0.25, 0.3) is 29.5 Å². The zero-order valence-corrected chi connectivity index (χ0v) is 16.1. The predicted molar refractivity (Wildman–Crippen MR) is 101 cm³/mol. The molecule has 154 valence electrons. The van der Waals surface area contributed by atoms with E-state index in [9.17, 15) is 28.8 Å². The maximum absolute atomic E-state index is 11.8. The number of nitrogens with zero attached hydrogens (tertiary/aromatic N) is 4. The Labute approximate surface area is 167 Å². The third-order valence-electron chi connectivity index (χ3n) is 4.54. The van der Waals surface area contributed by atoms with Crippen molar-refractivity contribution >= 4 is 35.4 Å². The summed E-state index contributed by atoms with van der Waals surface area (Å²) in [5.74, 6) is -2.67. The van der Waals surface area contributed by atoms with E-state index in [0.29, 0.717) is 0 Å². The topological polar surface area (TPSA) is 115 Å². The molecule has 0 bridgehead atoms. The number of carbonyl (C=O) groups excluding carboxylic acids is 6. The van der Waals surface area contributed by atoms with Crippen LogP contribution in [-0.2, 0) is 28.8 Å². The molecule has 0 saturated carbocycles. The van der Waals surface area contributed by atoms with Crippen molar-refractivity contribution in [1.29, 1.82) is 0 Å². The molecule has 29 heavy (non-hydrogen) atoms. The molecule has 0 aliphatic carbocycles. The monoisotopic (exact) mass is 402 g/mol. The fourth-order valence-electron chi connectivity index (χ4n) is 2.90. The number of hydrogen-bond donors (Lipinski definition) is 0. The summed E-state index contributed by atoms with van der Waals surface area (Å²) in [5, 5.41) is 0. The second kappa shape index (κ2) is 9.69. The van der Waals surface area contributed by atoms with Crippen LogP contribution in [0.5, 0.6) is 0 Å². The first-order valence-corrected chi connectivity index (χ1v) is 8.98. The van der Waals surface area contributed by atoms with Gasteiger partial charge in [0.05, 0.1) is 0 Å². The average Bonchev–Trinajstić information content (AvgIpc) is 3.17. The van der Waals surface area contributed by atoms with E-state index in [2.05, 4.69) is 6.58 Å². The van der Waals surface area contributed by atoms with E-state index in [0.717, 1.165) is 20.8 Å². The van der Waals surface area contributed by atoms with Crippen LogP contribution in [0.2, 0.25) is 0 Å². The Kier molecular flexibility index (Phi) is 7.32. The predicted octanol–water partition coefficient (Wildman–Crippen LogP) is -1.30. The summed E-state index contributed by atoms with van der Waals surface area (Å²) in [4.78, 5) is 75.3. The Bertz CT molecular complexity index is 734. The molecule has 0 fully saturated rings. The molecule has 0 N–H and O–H groups in total. The van der Waals surface area contributed by atoms with Crippen LogP contribution < -0.4 is 0 Å². The summed E-state index contributed by atoms with van der Waals surface area (Å²) < 4.78 is 0. The molecular formula is C19H22N4O6. The van der Waals surface area contributed by atoms with Crippen LogP contribution in [0, 0.1) is 0 Å². The van der Waals surface area contributed by atoms with Gasteiger partial charge in [-0.3, -0.25) is 48.4 Å². The van der Waals surface area contributed by atoms with Gasteiger partial charge in [-0.25, -0.2) is 0 Å². The average molecular weight is 402 g/mol. The molecule has 2 aliphatic heterocycles. The van der Waals surface area contributed by atoms with Gasteiger partial charge in [0.15, 0.2) is 0 Å². The van der Waals surface area contributed by atoms with Crippen LogP contribution in [-0.4, -0.2) is 94.3 Å². The highest BCUT2D eigenvalue weighted by Crippen LogP contribution is 2.06. The summed E-state index contributed by atoms with van der Waals surface area (Å²) in [6.07, 6.45) is 5.76. The van der Waals surface area contributed by atoms with Crippen molar-refractivity contribution in [2.75, 3.05) is 39.3 Å². The maximum Gasteiger partial charge on any atom is 0.253 e. The van der Waals surface area contributed by atoms with Gasteiger partial charge >= 0.3 is 0 Å². The first-order valence-electron chi connectivity index (χ1n) is 8.98. The second-order valence-electron chi connectivity index (χ2n) is 6.38. The van der Waals surface area contributed by atoms with Crippen molar-refractivity contribution < 1.29 is 28.8 Å². The molecule has 6 amide bonds. The normalized spacial score (nSPS) is 15.8. The van der Waals surface area contributed by atoms with E-state index in [4.69, 9.17) is 0 Å². The van der Waals surface area contributed by atoms with Crippen molar-refractivity contribution in [3.63, 3.8) is 0 Å². The van der Waals surface area contributed by atoms with Crippen molar-refractivity contribution in [3.05, 3.63) is 37.0 Å². The molecule has 0 saturated heterocycles. The molecule has 0 unspecified atom stereocenters. The Balaban J connectivity index is 2.00. The summed E-state index contributed by atoms with van der Waals surface area (Å²) in [7, 11) is 0. The molecule has 10 heteroatoms.